The van der Waals surface area contributed by atoms with E-state index in [0.29, 0.717) is 0 Å². The second-order valence-corrected chi connectivity index (χ2v) is 18.4. The first kappa shape index (κ1) is 39.9. The molecule has 0 amide bonds. The van der Waals surface area contributed by atoms with Crippen molar-refractivity contribution in [1.82, 2.24) is 0 Å². The fraction of sp³-hybridized carbons (Fsp3) is 0.0149. The maximum absolute atomic E-state index is 6.35. The Hall–Kier alpha value is -9.18. The van der Waals surface area contributed by atoms with Gasteiger partial charge in [0.05, 0.1) is 22.5 Å². The summed E-state index contributed by atoms with van der Waals surface area (Å²) in [6.07, 6.45) is 0. The summed E-state index contributed by atoms with van der Waals surface area (Å²) in [5.41, 5.74) is 22.4. The molecule has 1 aliphatic heterocycles. The number of anilines is 6. The number of rotatable bonds is 7. The topological polar surface area (TPSA) is 19.6 Å². The summed E-state index contributed by atoms with van der Waals surface area (Å²) in [7, 11) is 0. The minimum Gasteiger partial charge on any atom is -0.456 e. The molecule has 0 radical (unpaired) electrons. The fourth-order valence-electron chi connectivity index (χ4n) is 11.6. The summed E-state index contributed by atoms with van der Waals surface area (Å²) in [5.74, 6) is 0. The van der Waals surface area contributed by atoms with E-state index in [0.717, 1.165) is 66.9 Å². The van der Waals surface area contributed by atoms with E-state index in [1.807, 2.05) is 12.1 Å². The molecule has 11 aromatic carbocycles. The van der Waals surface area contributed by atoms with E-state index in [4.69, 9.17) is 4.42 Å². The Morgan fingerprint density at radius 3 is 1.64 bits per heavy atom. The van der Waals surface area contributed by atoms with E-state index < -0.39 is 5.41 Å². The maximum Gasteiger partial charge on any atom is 0.136 e. The molecule has 2 aliphatic rings. The summed E-state index contributed by atoms with van der Waals surface area (Å²) >= 11 is 0. The quantitative estimate of drug-likeness (QED) is 0.159. The smallest absolute Gasteiger partial charge is 0.136 e. The molecule has 1 spiro atoms. The van der Waals surface area contributed by atoms with Gasteiger partial charge in [0, 0.05) is 33.4 Å². The second kappa shape index (κ2) is 16.0. The van der Waals surface area contributed by atoms with Gasteiger partial charge in [0.1, 0.15) is 11.2 Å². The van der Waals surface area contributed by atoms with Gasteiger partial charge in [0.2, 0.25) is 0 Å². The number of hydrogen-bond acceptors (Lipinski definition) is 3. The predicted octanol–water partition coefficient (Wildman–Crippen LogP) is 18.2. The lowest BCUT2D eigenvalue weighted by Crippen LogP contribution is -2.36. The van der Waals surface area contributed by atoms with Crippen molar-refractivity contribution >= 4 is 56.1 Å². The van der Waals surface area contributed by atoms with Gasteiger partial charge < -0.3 is 14.2 Å². The lowest BCUT2D eigenvalue weighted by Gasteiger charge is -2.45. The Bertz CT molecular complexity index is 3920. The molecule has 1 aliphatic carbocycles. The highest BCUT2D eigenvalue weighted by molar-refractivity contribution is 6.06. The summed E-state index contributed by atoms with van der Waals surface area (Å²) in [6.45, 7) is 0. The number of benzene rings is 11. The van der Waals surface area contributed by atoms with Gasteiger partial charge in [-0.1, -0.05) is 188 Å². The maximum atomic E-state index is 6.35. The van der Waals surface area contributed by atoms with E-state index >= 15 is 0 Å². The van der Waals surface area contributed by atoms with Crippen LogP contribution in [-0.4, -0.2) is 0 Å². The first-order valence-corrected chi connectivity index (χ1v) is 24.1. The molecule has 0 N–H and O–H groups in total. The molecule has 0 saturated carbocycles. The van der Waals surface area contributed by atoms with Crippen molar-refractivity contribution in [3.05, 3.63) is 289 Å². The van der Waals surface area contributed by atoms with Crippen LogP contribution in [0.25, 0.3) is 66.4 Å². The van der Waals surface area contributed by atoms with Crippen LogP contribution in [0.5, 0.6) is 0 Å². The van der Waals surface area contributed by atoms with Gasteiger partial charge in [-0.15, -0.1) is 0 Å². The van der Waals surface area contributed by atoms with Crippen molar-refractivity contribution in [3.8, 4) is 44.5 Å². The number of para-hydroxylation sites is 5. The van der Waals surface area contributed by atoms with Crippen molar-refractivity contribution < 1.29 is 4.42 Å². The third-order valence-corrected chi connectivity index (χ3v) is 14.7. The van der Waals surface area contributed by atoms with E-state index in [1.54, 1.807) is 0 Å². The summed E-state index contributed by atoms with van der Waals surface area (Å²) in [5, 5.41) is 2.26. The predicted molar refractivity (Wildman–Crippen MR) is 290 cm³/mol. The minimum absolute atomic E-state index is 0.602. The number of nitrogens with zero attached hydrogens (tertiary/aromatic N) is 2. The molecule has 3 nitrogen and oxygen atoms in total. The Labute approximate surface area is 407 Å². The van der Waals surface area contributed by atoms with Gasteiger partial charge in [-0.3, -0.25) is 0 Å². The third kappa shape index (κ3) is 6.08. The van der Waals surface area contributed by atoms with Gasteiger partial charge in [0.15, 0.2) is 0 Å². The summed E-state index contributed by atoms with van der Waals surface area (Å²) < 4.78 is 6.35. The first-order chi connectivity index (χ1) is 34.7. The Morgan fingerprint density at radius 2 is 0.857 bits per heavy atom. The van der Waals surface area contributed by atoms with Gasteiger partial charge in [0.25, 0.3) is 0 Å². The zero-order valence-corrected chi connectivity index (χ0v) is 38.2. The van der Waals surface area contributed by atoms with Gasteiger partial charge >= 0.3 is 0 Å². The highest BCUT2D eigenvalue weighted by Gasteiger charge is 2.51. The van der Waals surface area contributed by atoms with Crippen LogP contribution in [-0.2, 0) is 5.41 Å². The lowest BCUT2D eigenvalue weighted by atomic mass is 9.64. The van der Waals surface area contributed by atoms with Gasteiger partial charge in [-0.2, -0.15) is 0 Å². The molecule has 0 fully saturated rings. The molecule has 0 unspecified atom stereocenters. The molecule has 328 valence electrons. The molecular formula is C67H44N2O. The van der Waals surface area contributed by atoms with Crippen LogP contribution in [0.4, 0.5) is 34.1 Å². The van der Waals surface area contributed by atoms with E-state index in [-0.39, 0.29) is 0 Å². The second-order valence-electron chi connectivity index (χ2n) is 18.4. The Kier molecular flexibility index (Phi) is 9.11. The normalized spacial score (nSPS) is 12.9. The number of furan rings is 1. The molecule has 0 bridgehead atoms. The van der Waals surface area contributed by atoms with Crippen LogP contribution in [0, 0.1) is 0 Å². The first-order valence-electron chi connectivity index (χ1n) is 24.1. The monoisotopic (exact) mass is 892 g/mol. The van der Waals surface area contributed by atoms with Crippen molar-refractivity contribution in [2.75, 3.05) is 9.80 Å². The van der Waals surface area contributed by atoms with Crippen LogP contribution in [0.2, 0.25) is 0 Å². The molecular weight excluding hydrogens is 849 g/mol. The summed E-state index contributed by atoms with van der Waals surface area (Å²) in [4.78, 5) is 4.91. The average molecular weight is 893 g/mol. The van der Waals surface area contributed by atoms with E-state index in [9.17, 15) is 0 Å². The van der Waals surface area contributed by atoms with Crippen molar-refractivity contribution in [2.24, 2.45) is 0 Å². The molecule has 3 heteroatoms. The van der Waals surface area contributed by atoms with Gasteiger partial charge in [-0.25, -0.2) is 0 Å². The van der Waals surface area contributed by atoms with Crippen LogP contribution in [0.15, 0.2) is 271 Å². The van der Waals surface area contributed by atoms with E-state index in [2.05, 4.69) is 265 Å². The van der Waals surface area contributed by atoms with Crippen molar-refractivity contribution in [2.45, 2.75) is 5.41 Å². The van der Waals surface area contributed by atoms with E-state index in [1.165, 1.54) is 55.9 Å². The van der Waals surface area contributed by atoms with Crippen molar-refractivity contribution in [3.63, 3.8) is 0 Å². The Balaban J connectivity index is 0.984. The molecule has 14 rings (SSSR count). The SMILES string of the molecule is c1ccc(-c2cccc(-c3ccccc3N(c3ccc(-c4ccc5c(c4)oc4ccccc45)cc3)c3ccc4c(c3)C3(c5ccccc5-4)c4ccccc4N(c4ccccc4)c4ccccc43)c2)cc1. The molecule has 1 aromatic heterocycles. The van der Waals surface area contributed by atoms with Gasteiger partial charge in [-0.05, 0) is 140 Å². The van der Waals surface area contributed by atoms with Crippen LogP contribution in [0.1, 0.15) is 22.3 Å². The highest BCUT2D eigenvalue weighted by atomic mass is 16.3. The highest BCUT2D eigenvalue weighted by Crippen LogP contribution is 2.64. The lowest BCUT2D eigenvalue weighted by molar-refractivity contribution is 0.669. The standard InChI is InChI=1S/C67H44N2O/c1-3-18-45(19-4-1)47-20-17-21-49(42-47)53-24-8-13-30-62(53)68(51-37-34-46(35-38-51)48-36-40-57-56-26-9-16-33-65(56)70-66(57)43-48)52-39-41-55-54-25-7-10-27-58(54)67(61(55)44-52)59-28-11-14-31-63(59)69(50-22-5-2-6-23-50)64-32-15-12-29-60(64)67/h1-44H. The zero-order valence-electron chi connectivity index (χ0n) is 38.2. The number of fused-ring (bicyclic) bond motifs is 12. The molecule has 70 heavy (non-hydrogen) atoms. The molecule has 12 aromatic rings. The third-order valence-electron chi connectivity index (χ3n) is 14.7. The Morgan fingerprint density at radius 1 is 0.314 bits per heavy atom. The average Bonchev–Trinajstić information content (AvgIpc) is 3.95. The largest absolute Gasteiger partial charge is 0.456 e. The van der Waals surface area contributed by atoms with Crippen molar-refractivity contribution in [1.29, 1.82) is 0 Å². The minimum atomic E-state index is -0.602. The molecule has 0 saturated heterocycles. The fourth-order valence-corrected chi connectivity index (χ4v) is 11.6. The zero-order chi connectivity index (χ0) is 46.2. The molecule has 0 atom stereocenters. The summed E-state index contributed by atoms with van der Waals surface area (Å²) in [6, 6.07) is 97.5. The van der Waals surface area contributed by atoms with Crippen LogP contribution >= 0.6 is 0 Å². The number of hydrogen-bond donors (Lipinski definition) is 0. The van der Waals surface area contributed by atoms with Crippen LogP contribution < -0.4 is 9.80 Å². The van der Waals surface area contributed by atoms with Crippen LogP contribution in [0.3, 0.4) is 0 Å². The molecule has 2 heterocycles.